The molecule has 0 saturated carbocycles. The van der Waals surface area contributed by atoms with Crippen LogP contribution in [0, 0.1) is 5.92 Å². The molecule has 2 saturated heterocycles. The van der Waals surface area contributed by atoms with Crippen molar-refractivity contribution in [2.24, 2.45) is 11.7 Å². The highest BCUT2D eigenvalue weighted by Crippen LogP contribution is 2.25. The predicted octanol–water partition coefficient (Wildman–Crippen LogP) is -1.15. The van der Waals surface area contributed by atoms with Gasteiger partial charge in [0.05, 0.1) is 19.3 Å². The third-order valence-electron chi connectivity index (χ3n) is 9.85. The first kappa shape index (κ1) is 44.1. The van der Waals surface area contributed by atoms with Gasteiger partial charge in [-0.25, -0.2) is 0 Å². The number of nitrogens with one attached hydrogen (secondary N) is 5. The Morgan fingerprint density at radius 1 is 0.907 bits per heavy atom. The van der Waals surface area contributed by atoms with Crippen LogP contribution in [-0.4, -0.2) is 138 Å². The fourth-order valence-electron chi connectivity index (χ4n) is 6.78. The van der Waals surface area contributed by atoms with Crippen molar-refractivity contribution in [3.05, 3.63) is 29.8 Å². The number of likely N-dealkylation sites (N-methyl/N-ethyl adjacent to an activating group) is 1. The van der Waals surface area contributed by atoms with E-state index in [4.69, 9.17) is 10.5 Å². The van der Waals surface area contributed by atoms with E-state index in [1.54, 1.807) is 33.0 Å². The topological polar surface area (TPSA) is 245 Å². The van der Waals surface area contributed by atoms with Crippen LogP contribution >= 0.6 is 0 Å². The second-order valence-corrected chi connectivity index (χ2v) is 14.1. The van der Waals surface area contributed by atoms with E-state index in [2.05, 4.69) is 26.6 Å². The minimum Gasteiger partial charge on any atom is -0.508 e. The van der Waals surface area contributed by atoms with E-state index in [1.165, 1.54) is 28.9 Å². The van der Waals surface area contributed by atoms with E-state index >= 15 is 0 Å². The zero-order valence-corrected chi connectivity index (χ0v) is 32.1. The first-order valence-corrected chi connectivity index (χ1v) is 19.0. The number of phenolic OH excluding ortho intramolecular Hbond substituents is 1. The molecule has 9 N–H and O–H groups in total. The monoisotopic (exact) mass is 760 g/mol. The molecule has 17 nitrogen and oxygen atoms in total. The third-order valence-corrected chi connectivity index (χ3v) is 9.85. The van der Waals surface area contributed by atoms with Gasteiger partial charge in [-0.05, 0) is 82.5 Å². The first-order chi connectivity index (χ1) is 25.7. The van der Waals surface area contributed by atoms with Gasteiger partial charge in [-0.1, -0.05) is 32.9 Å². The average Bonchev–Trinajstić information content (AvgIpc) is 3.81. The van der Waals surface area contributed by atoms with Gasteiger partial charge in [0.15, 0.2) is 6.23 Å². The molecule has 1 aromatic rings. The number of benzene rings is 1. The number of ether oxygens (including phenoxy) is 1. The van der Waals surface area contributed by atoms with E-state index in [1.807, 2.05) is 6.92 Å². The number of nitrogens with zero attached hydrogens (tertiary/aromatic N) is 2. The van der Waals surface area contributed by atoms with Gasteiger partial charge < -0.3 is 57.1 Å². The molecule has 6 unspecified atom stereocenters. The summed E-state index contributed by atoms with van der Waals surface area (Å²) in [7, 11) is 1.75. The highest BCUT2D eigenvalue weighted by Gasteiger charge is 2.42. The van der Waals surface area contributed by atoms with Crippen LogP contribution in [0.4, 0.5) is 0 Å². The maximum absolute atomic E-state index is 14.0. The third kappa shape index (κ3) is 12.4. The van der Waals surface area contributed by atoms with Crippen molar-refractivity contribution in [1.82, 2.24) is 36.4 Å². The number of hydrogen-bond acceptors (Lipinski definition) is 11. The predicted molar refractivity (Wildman–Crippen MR) is 199 cm³/mol. The maximum atomic E-state index is 14.0. The standard InChI is InChI=1S/C37H60N8O9/c1-6-26(40-31(48)20-38)36(52)44-17-8-9-29(44)33(50)42-28(15-12-24-10-13-25(47)14-11-24)32(49)41-27(7-2)37(53)45-21-22(3)19-30(45)34(51)43-35(23(4)46)54-18-16-39-5/h10-11,13-14,22-23,26-30,35,39,46-47H,6-9,12,15-21,38H2,1-5H3,(H,40,48)(H,41,49)(H,42,50)(H,43,51)/t22-,23-,26?,27?,28?,29?,30?,35?/m1/s1. The van der Waals surface area contributed by atoms with E-state index < -0.39 is 78.0 Å². The summed E-state index contributed by atoms with van der Waals surface area (Å²) in [4.78, 5) is 83.6. The number of nitrogens with two attached hydrogens (primary N) is 1. The summed E-state index contributed by atoms with van der Waals surface area (Å²) >= 11 is 0. The molecule has 2 aliphatic heterocycles. The highest BCUT2D eigenvalue weighted by atomic mass is 16.5. The summed E-state index contributed by atoms with van der Waals surface area (Å²) in [6, 6.07) is 1.72. The van der Waals surface area contributed by atoms with E-state index in [-0.39, 0.29) is 44.2 Å². The number of phenols is 1. The molecule has 2 fully saturated rings. The number of carbonyl (C=O) groups is 6. The van der Waals surface area contributed by atoms with Crippen LogP contribution in [0.3, 0.4) is 0 Å². The molecule has 0 spiro atoms. The van der Waals surface area contributed by atoms with Crippen LogP contribution in [0.5, 0.6) is 5.75 Å². The Balaban J connectivity index is 1.78. The first-order valence-electron chi connectivity index (χ1n) is 19.0. The minimum absolute atomic E-state index is 0.0153. The van der Waals surface area contributed by atoms with Crippen LogP contribution in [-0.2, 0) is 39.9 Å². The molecule has 6 amide bonds. The Morgan fingerprint density at radius 2 is 1.54 bits per heavy atom. The molecule has 302 valence electrons. The summed E-state index contributed by atoms with van der Waals surface area (Å²) in [5, 5.41) is 33.8. The van der Waals surface area contributed by atoms with Gasteiger partial charge in [-0.15, -0.1) is 0 Å². The molecule has 0 aromatic heterocycles. The van der Waals surface area contributed by atoms with E-state index in [9.17, 15) is 39.0 Å². The highest BCUT2D eigenvalue weighted by molar-refractivity contribution is 5.97. The molecule has 54 heavy (non-hydrogen) atoms. The Bertz CT molecular complexity index is 1430. The zero-order chi connectivity index (χ0) is 39.9. The Morgan fingerprint density at radius 3 is 2.15 bits per heavy atom. The molecular weight excluding hydrogens is 700 g/mol. The van der Waals surface area contributed by atoms with Crippen molar-refractivity contribution in [2.45, 2.75) is 115 Å². The van der Waals surface area contributed by atoms with Gasteiger partial charge in [-0.3, -0.25) is 28.8 Å². The number of aliphatic hydroxyl groups excluding tert-OH is 1. The fraction of sp³-hybridized carbons (Fsp3) is 0.676. The second kappa shape index (κ2) is 21.5. The number of aromatic hydroxyl groups is 1. The van der Waals surface area contributed by atoms with Crippen molar-refractivity contribution < 1.29 is 43.7 Å². The molecule has 2 heterocycles. The lowest BCUT2D eigenvalue weighted by atomic mass is 10.0. The van der Waals surface area contributed by atoms with Gasteiger partial charge in [-0.2, -0.15) is 0 Å². The van der Waals surface area contributed by atoms with Crippen LogP contribution < -0.4 is 32.3 Å². The van der Waals surface area contributed by atoms with Gasteiger partial charge in [0.25, 0.3) is 0 Å². The fourth-order valence-corrected chi connectivity index (χ4v) is 6.78. The van der Waals surface area contributed by atoms with Crippen molar-refractivity contribution in [3.8, 4) is 5.75 Å². The maximum Gasteiger partial charge on any atom is 0.245 e. The summed E-state index contributed by atoms with van der Waals surface area (Å²) < 4.78 is 5.64. The van der Waals surface area contributed by atoms with Crippen molar-refractivity contribution in [2.75, 3.05) is 39.8 Å². The molecule has 1 aromatic carbocycles. The minimum atomic E-state index is -1.11. The number of aliphatic hydroxyl groups is 1. The second-order valence-electron chi connectivity index (χ2n) is 14.1. The number of likely N-dealkylation sites (tertiary alicyclic amines) is 2. The van der Waals surface area contributed by atoms with Crippen molar-refractivity contribution in [3.63, 3.8) is 0 Å². The van der Waals surface area contributed by atoms with E-state index in [0.717, 1.165) is 5.56 Å². The number of aryl methyl sites for hydroxylation is 1. The number of carbonyl (C=O) groups excluding carboxylic acids is 6. The number of rotatable bonds is 20. The molecule has 3 rings (SSSR count). The zero-order valence-electron chi connectivity index (χ0n) is 32.1. The molecule has 2 aliphatic rings. The molecular formula is C37H60N8O9. The number of amides is 6. The summed E-state index contributed by atoms with van der Waals surface area (Å²) in [5.74, 6) is -2.93. The van der Waals surface area contributed by atoms with Crippen LogP contribution in [0.25, 0.3) is 0 Å². The Labute approximate surface area is 317 Å². The van der Waals surface area contributed by atoms with Gasteiger partial charge in [0, 0.05) is 19.6 Å². The normalized spacial score (nSPS) is 21.1. The quantitative estimate of drug-likeness (QED) is 0.0583. The largest absolute Gasteiger partial charge is 0.508 e. The smallest absolute Gasteiger partial charge is 0.245 e. The van der Waals surface area contributed by atoms with Gasteiger partial charge in [0.2, 0.25) is 35.4 Å². The Kier molecular flexibility index (Phi) is 17.6. The lowest BCUT2D eigenvalue weighted by Gasteiger charge is -2.31. The van der Waals surface area contributed by atoms with Crippen LogP contribution in [0.15, 0.2) is 24.3 Å². The van der Waals surface area contributed by atoms with Crippen molar-refractivity contribution in [1.29, 1.82) is 0 Å². The molecule has 17 heteroatoms. The molecule has 8 atom stereocenters. The van der Waals surface area contributed by atoms with Crippen LogP contribution in [0.2, 0.25) is 0 Å². The SMILES string of the molecule is CCC(NC(=O)CN)C(=O)N1CCCC1C(=O)NC(CCc1ccc(O)cc1)C(=O)NC(CC)C(=O)N1C[C@H](C)CC1C(=O)NC(OCCNC)[C@@H](C)O. The summed E-state index contributed by atoms with van der Waals surface area (Å²) in [6.45, 7) is 7.93. The van der Waals surface area contributed by atoms with Gasteiger partial charge in [0.1, 0.15) is 36.0 Å². The summed E-state index contributed by atoms with van der Waals surface area (Å²) in [5.41, 5.74) is 6.23. The molecule has 0 aliphatic carbocycles. The number of hydrogen-bond donors (Lipinski definition) is 8. The van der Waals surface area contributed by atoms with Crippen LogP contribution in [0.1, 0.15) is 71.8 Å². The van der Waals surface area contributed by atoms with E-state index in [0.29, 0.717) is 45.2 Å². The Hall–Kier alpha value is -4.32. The molecule has 0 bridgehead atoms. The van der Waals surface area contributed by atoms with Gasteiger partial charge >= 0.3 is 0 Å². The summed E-state index contributed by atoms with van der Waals surface area (Å²) in [6.07, 6.45) is 0.254. The molecule has 0 radical (unpaired) electrons. The lowest BCUT2D eigenvalue weighted by Crippen LogP contribution is -2.59. The lowest BCUT2D eigenvalue weighted by molar-refractivity contribution is -0.144. The van der Waals surface area contributed by atoms with Crippen molar-refractivity contribution >= 4 is 35.4 Å². The average molecular weight is 761 g/mol.